The van der Waals surface area contributed by atoms with Crippen LogP contribution < -0.4 is 15.8 Å². The first kappa shape index (κ1) is 13.2. The number of benzene rings is 2. The Morgan fingerprint density at radius 3 is 2.67 bits per heavy atom. The van der Waals surface area contributed by atoms with Crippen molar-refractivity contribution in [1.29, 1.82) is 0 Å². The van der Waals surface area contributed by atoms with Crippen molar-refractivity contribution in [1.82, 2.24) is 0 Å². The van der Waals surface area contributed by atoms with Gasteiger partial charge in [-0.25, -0.2) is 4.39 Å². The Labute approximate surface area is 120 Å². The van der Waals surface area contributed by atoms with Crippen LogP contribution in [0.5, 0.6) is 11.5 Å². The number of carbonyl (C=O) groups is 1. The number of rotatable bonds is 3. The summed E-state index contributed by atoms with van der Waals surface area (Å²) in [5.41, 5.74) is 5.38. The molecule has 1 aliphatic heterocycles. The van der Waals surface area contributed by atoms with Gasteiger partial charge < -0.3 is 20.9 Å². The molecule has 4 N–H and O–H groups in total. The average molecular weight is 288 g/mol. The lowest BCUT2D eigenvalue weighted by molar-refractivity contribution is -0.122. The smallest absolute Gasteiger partial charge is 0.251 e. The van der Waals surface area contributed by atoms with Gasteiger partial charge in [-0.15, -0.1) is 0 Å². The molecule has 0 saturated heterocycles. The topological polar surface area (TPSA) is 84.6 Å². The molecule has 1 atom stereocenters. The summed E-state index contributed by atoms with van der Waals surface area (Å²) >= 11 is 0. The van der Waals surface area contributed by atoms with Gasteiger partial charge in [0.1, 0.15) is 23.9 Å². The standard InChI is InChI=1S/C15H13FN2O3/c16-9-1-3-10(4-2-9)18-15(14(17)20)8-21-13-7-11(19)5-6-12(13)15/h1-7,18-19H,8H2,(H2,17,20). The Morgan fingerprint density at radius 1 is 1.29 bits per heavy atom. The van der Waals surface area contributed by atoms with Crippen LogP contribution in [0, 0.1) is 5.82 Å². The monoisotopic (exact) mass is 288 g/mol. The highest BCUT2D eigenvalue weighted by atomic mass is 19.1. The van der Waals surface area contributed by atoms with E-state index >= 15 is 0 Å². The maximum Gasteiger partial charge on any atom is 0.251 e. The SMILES string of the molecule is NC(=O)C1(Nc2ccc(F)cc2)COc2cc(O)ccc21. The number of primary amides is 1. The van der Waals surface area contributed by atoms with E-state index in [9.17, 15) is 14.3 Å². The molecule has 2 aromatic carbocycles. The molecule has 108 valence electrons. The summed E-state index contributed by atoms with van der Waals surface area (Å²) in [4.78, 5) is 12.0. The molecule has 0 fully saturated rings. The Kier molecular flexibility index (Phi) is 2.94. The second-order valence-corrected chi connectivity index (χ2v) is 4.87. The summed E-state index contributed by atoms with van der Waals surface area (Å²) in [7, 11) is 0. The van der Waals surface area contributed by atoms with Crippen molar-refractivity contribution in [3.8, 4) is 11.5 Å². The third-order valence-corrected chi connectivity index (χ3v) is 3.49. The van der Waals surface area contributed by atoms with Gasteiger partial charge in [-0.3, -0.25) is 4.79 Å². The van der Waals surface area contributed by atoms with Crippen LogP contribution in [0.15, 0.2) is 42.5 Å². The van der Waals surface area contributed by atoms with Gasteiger partial charge in [0.05, 0.1) is 0 Å². The predicted octanol–water partition coefficient (Wildman–Crippen LogP) is 1.72. The van der Waals surface area contributed by atoms with Crippen LogP contribution in [0.2, 0.25) is 0 Å². The lowest BCUT2D eigenvalue weighted by Crippen LogP contribution is -2.49. The number of aromatic hydroxyl groups is 1. The molecular weight excluding hydrogens is 275 g/mol. The van der Waals surface area contributed by atoms with Crippen LogP contribution in [0.1, 0.15) is 5.56 Å². The van der Waals surface area contributed by atoms with E-state index in [4.69, 9.17) is 10.5 Å². The number of phenols is 1. The second kappa shape index (κ2) is 4.66. The molecule has 1 amide bonds. The summed E-state index contributed by atoms with van der Waals surface area (Å²) < 4.78 is 18.4. The average Bonchev–Trinajstić information content (AvgIpc) is 2.81. The fourth-order valence-electron chi connectivity index (χ4n) is 2.40. The zero-order chi connectivity index (χ0) is 15.0. The van der Waals surface area contributed by atoms with Crippen molar-refractivity contribution in [3.63, 3.8) is 0 Å². The molecule has 5 nitrogen and oxygen atoms in total. The van der Waals surface area contributed by atoms with E-state index in [0.717, 1.165) is 0 Å². The lowest BCUT2D eigenvalue weighted by Gasteiger charge is -2.27. The number of carbonyl (C=O) groups excluding carboxylic acids is 1. The van der Waals surface area contributed by atoms with E-state index in [1.807, 2.05) is 0 Å². The fourth-order valence-corrected chi connectivity index (χ4v) is 2.40. The number of nitrogens with one attached hydrogen (secondary N) is 1. The maximum absolute atomic E-state index is 13.0. The van der Waals surface area contributed by atoms with Crippen molar-refractivity contribution in [2.75, 3.05) is 11.9 Å². The molecule has 2 aromatic rings. The van der Waals surface area contributed by atoms with Gasteiger partial charge in [0.2, 0.25) is 0 Å². The van der Waals surface area contributed by atoms with Gasteiger partial charge in [0.25, 0.3) is 5.91 Å². The summed E-state index contributed by atoms with van der Waals surface area (Å²) in [6, 6.07) is 10.1. The summed E-state index contributed by atoms with van der Waals surface area (Å²) in [5, 5.41) is 12.5. The lowest BCUT2D eigenvalue weighted by atomic mass is 9.90. The fraction of sp³-hybridized carbons (Fsp3) is 0.133. The van der Waals surface area contributed by atoms with Crippen molar-refractivity contribution in [2.45, 2.75) is 5.54 Å². The van der Waals surface area contributed by atoms with Crippen LogP contribution in [0.4, 0.5) is 10.1 Å². The minimum atomic E-state index is -1.25. The van der Waals surface area contributed by atoms with Crippen LogP contribution in [-0.4, -0.2) is 17.6 Å². The zero-order valence-electron chi connectivity index (χ0n) is 11.0. The Bertz CT molecular complexity index is 703. The number of halogens is 1. The molecule has 1 unspecified atom stereocenters. The molecule has 0 aromatic heterocycles. The molecule has 1 aliphatic rings. The number of hydrogen-bond donors (Lipinski definition) is 3. The normalized spacial score (nSPS) is 19.7. The molecule has 1 heterocycles. The van der Waals surface area contributed by atoms with Crippen LogP contribution in [0.3, 0.4) is 0 Å². The number of nitrogens with two attached hydrogens (primary N) is 1. The first-order valence-electron chi connectivity index (χ1n) is 6.31. The van der Waals surface area contributed by atoms with E-state index in [-0.39, 0.29) is 18.2 Å². The quantitative estimate of drug-likeness (QED) is 0.803. The highest BCUT2D eigenvalue weighted by Gasteiger charge is 2.46. The molecule has 3 rings (SSSR count). The minimum absolute atomic E-state index is 0.00149. The third-order valence-electron chi connectivity index (χ3n) is 3.49. The highest BCUT2D eigenvalue weighted by Crippen LogP contribution is 2.41. The maximum atomic E-state index is 13.0. The van der Waals surface area contributed by atoms with Crippen LogP contribution in [0.25, 0.3) is 0 Å². The molecule has 21 heavy (non-hydrogen) atoms. The van der Waals surface area contributed by atoms with E-state index < -0.39 is 11.4 Å². The number of fused-ring (bicyclic) bond motifs is 1. The van der Waals surface area contributed by atoms with E-state index in [2.05, 4.69) is 5.32 Å². The molecular formula is C15H13FN2O3. The Hall–Kier alpha value is -2.76. The first-order valence-corrected chi connectivity index (χ1v) is 6.31. The largest absolute Gasteiger partial charge is 0.508 e. The van der Waals surface area contributed by atoms with E-state index in [1.165, 1.54) is 36.4 Å². The number of ether oxygens (including phenoxy) is 1. The Balaban J connectivity index is 2.03. The molecule has 0 saturated carbocycles. The van der Waals surface area contributed by atoms with Gasteiger partial charge in [-0.2, -0.15) is 0 Å². The van der Waals surface area contributed by atoms with Gasteiger partial charge in [0, 0.05) is 17.3 Å². The van der Waals surface area contributed by atoms with Crippen molar-refractivity contribution in [3.05, 3.63) is 53.8 Å². The number of anilines is 1. The second-order valence-electron chi connectivity index (χ2n) is 4.87. The van der Waals surface area contributed by atoms with Gasteiger partial charge in [-0.1, -0.05) is 0 Å². The molecule has 0 radical (unpaired) electrons. The zero-order valence-corrected chi connectivity index (χ0v) is 11.0. The first-order chi connectivity index (χ1) is 10.0. The number of phenolic OH excluding ortho intramolecular Hbond substituents is 1. The van der Waals surface area contributed by atoms with Gasteiger partial charge >= 0.3 is 0 Å². The third kappa shape index (κ3) is 2.14. The van der Waals surface area contributed by atoms with Crippen molar-refractivity contribution < 1.29 is 19.0 Å². The van der Waals surface area contributed by atoms with E-state index in [1.54, 1.807) is 6.07 Å². The summed E-state index contributed by atoms with van der Waals surface area (Å²) in [6.07, 6.45) is 0. The highest BCUT2D eigenvalue weighted by molar-refractivity contribution is 5.91. The summed E-state index contributed by atoms with van der Waals surface area (Å²) in [5.74, 6) is -0.558. The molecule has 0 bridgehead atoms. The number of hydrogen-bond acceptors (Lipinski definition) is 4. The Morgan fingerprint density at radius 2 is 2.00 bits per heavy atom. The van der Waals surface area contributed by atoms with Crippen molar-refractivity contribution in [2.24, 2.45) is 5.73 Å². The van der Waals surface area contributed by atoms with E-state index in [0.29, 0.717) is 17.0 Å². The number of amides is 1. The summed E-state index contributed by atoms with van der Waals surface area (Å²) in [6.45, 7) is -0.00149. The van der Waals surface area contributed by atoms with Crippen LogP contribution in [-0.2, 0) is 10.3 Å². The van der Waals surface area contributed by atoms with Gasteiger partial charge in [0.15, 0.2) is 5.54 Å². The molecule has 0 spiro atoms. The molecule has 6 heteroatoms. The van der Waals surface area contributed by atoms with Crippen LogP contribution >= 0.6 is 0 Å². The van der Waals surface area contributed by atoms with Gasteiger partial charge in [-0.05, 0) is 36.4 Å². The van der Waals surface area contributed by atoms with Crippen molar-refractivity contribution >= 4 is 11.6 Å². The predicted molar refractivity (Wildman–Crippen MR) is 74.5 cm³/mol. The molecule has 0 aliphatic carbocycles. The minimum Gasteiger partial charge on any atom is -0.508 e.